The van der Waals surface area contributed by atoms with Gasteiger partial charge in [0.05, 0.1) is 25.7 Å². The predicted molar refractivity (Wildman–Crippen MR) is 68.9 cm³/mol. The topological polar surface area (TPSA) is 75.2 Å². The molecule has 22 heavy (non-hydrogen) atoms. The molecule has 1 unspecified atom stereocenters. The molecule has 6 nitrogen and oxygen atoms in total. The number of aryl methyl sites for hydroxylation is 1. The lowest BCUT2D eigenvalue weighted by molar-refractivity contribution is -0.193. The van der Waals surface area contributed by atoms with E-state index in [0.717, 1.165) is 0 Å². The monoisotopic (exact) mass is 318 g/mol. The molecular weight excluding hydrogens is 301 g/mol. The van der Waals surface area contributed by atoms with Gasteiger partial charge in [-0.25, -0.2) is 0 Å². The summed E-state index contributed by atoms with van der Waals surface area (Å²) in [4.78, 5) is 5.46. The molecule has 1 atom stereocenters. The fraction of sp³-hybridized carbons (Fsp3) is 0.769. The van der Waals surface area contributed by atoms with Crippen molar-refractivity contribution in [2.24, 2.45) is 0 Å². The van der Waals surface area contributed by atoms with Crippen LogP contribution in [0.4, 0.5) is 13.2 Å². The van der Waals surface area contributed by atoms with Gasteiger partial charge in [0.1, 0.15) is 0 Å². The van der Waals surface area contributed by atoms with Crippen molar-refractivity contribution >= 4 is 0 Å². The van der Waals surface area contributed by atoms with E-state index in [9.17, 15) is 13.2 Å². The summed E-state index contributed by atoms with van der Waals surface area (Å²) >= 11 is 0. The van der Waals surface area contributed by atoms with Crippen molar-refractivity contribution in [2.45, 2.75) is 31.4 Å². The lowest BCUT2D eigenvalue weighted by Gasteiger charge is -2.28. The second-order valence-corrected chi connectivity index (χ2v) is 5.27. The van der Waals surface area contributed by atoms with Crippen molar-refractivity contribution in [1.82, 2.24) is 15.0 Å². The fourth-order valence-electron chi connectivity index (χ4n) is 2.51. The average molecular weight is 318 g/mol. The third-order valence-corrected chi connectivity index (χ3v) is 3.74. The van der Waals surface area contributed by atoms with E-state index in [1.54, 1.807) is 4.90 Å². The molecule has 2 rings (SSSR count). The zero-order chi connectivity index (χ0) is 16.2. The summed E-state index contributed by atoms with van der Waals surface area (Å²) in [6.45, 7) is 2.50. The third kappa shape index (κ3) is 3.39. The minimum absolute atomic E-state index is 0.115. The lowest BCUT2D eigenvalue weighted by Crippen LogP contribution is -2.45. The van der Waals surface area contributed by atoms with Gasteiger partial charge in [0.15, 0.2) is 11.2 Å². The molecule has 0 spiro atoms. The summed E-state index contributed by atoms with van der Waals surface area (Å²) in [7, 11) is 0. The molecule has 2 heterocycles. The maximum absolute atomic E-state index is 13.6. The lowest BCUT2D eigenvalue weighted by atomic mass is 9.86. The summed E-state index contributed by atoms with van der Waals surface area (Å²) in [5.74, 6) is -0.178. The molecule has 0 amide bonds. The molecule has 1 saturated heterocycles. The molecule has 0 aliphatic carbocycles. The number of hydrogen-bond acceptors (Lipinski definition) is 6. The molecule has 0 N–H and O–H groups in total. The van der Waals surface area contributed by atoms with Gasteiger partial charge < -0.3 is 9.26 Å². The molecule has 1 aliphatic rings. The molecule has 122 valence electrons. The van der Waals surface area contributed by atoms with Gasteiger partial charge in [-0.15, -0.1) is 0 Å². The van der Waals surface area contributed by atoms with Crippen molar-refractivity contribution in [1.29, 1.82) is 5.26 Å². The third-order valence-electron chi connectivity index (χ3n) is 3.74. The second kappa shape index (κ2) is 6.62. The van der Waals surface area contributed by atoms with Crippen LogP contribution in [0.3, 0.4) is 0 Å². The van der Waals surface area contributed by atoms with Gasteiger partial charge in [-0.3, -0.25) is 4.90 Å². The summed E-state index contributed by atoms with van der Waals surface area (Å²) in [6, 6.07) is 1.94. The SMILES string of the molecule is Cc1noc(C2(C(F)(F)F)CCN(CCOCCC#N)C2)n1. The number of likely N-dealkylation sites (tertiary alicyclic amines) is 1. The number of ether oxygens (including phenoxy) is 1. The minimum atomic E-state index is -4.46. The van der Waals surface area contributed by atoms with Gasteiger partial charge in [0.25, 0.3) is 0 Å². The fourth-order valence-corrected chi connectivity index (χ4v) is 2.51. The van der Waals surface area contributed by atoms with E-state index in [4.69, 9.17) is 14.5 Å². The van der Waals surface area contributed by atoms with Crippen LogP contribution >= 0.6 is 0 Å². The van der Waals surface area contributed by atoms with Crippen LogP contribution in [0.1, 0.15) is 24.6 Å². The first-order chi connectivity index (χ1) is 10.4. The average Bonchev–Trinajstić information content (AvgIpc) is 3.05. The molecule has 1 fully saturated rings. The van der Waals surface area contributed by atoms with Crippen molar-refractivity contribution < 1.29 is 22.4 Å². The highest BCUT2D eigenvalue weighted by Gasteiger charge is 2.62. The number of nitrogens with zero attached hydrogens (tertiary/aromatic N) is 4. The molecular formula is C13H17F3N4O2. The van der Waals surface area contributed by atoms with Crippen LogP contribution in [0.2, 0.25) is 0 Å². The first-order valence-electron chi connectivity index (χ1n) is 6.93. The minimum Gasteiger partial charge on any atom is -0.379 e. The Kier molecular flexibility index (Phi) is 5.03. The van der Waals surface area contributed by atoms with E-state index in [1.807, 2.05) is 6.07 Å². The summed E-state index contributed by atoms with van der Waals surface area (Å²) < 4.78 is 50.7. The molecule has 1 aromatic heterocycles. The van der Waals surface area contributed by atoms with Crippen molar-refractivity contribution in [3.05, 3.63) is 11.7 Å². The summed E-state index contributed by atoms with van der Waals surface area (Å²) in [5, 5.41) is 11.9. The normalized spacial score (nSPS) is 22.9. The standard InChI is InChI=1S/C13H17F3N4O2/c1-10-18-11(22-19-10)12(13(14,15)16)3-5-20(9-12)6-8-21-7-2-4-17/h2-3,5-9H2,1H3. The van der Waals surface area contributed by atoms with Crippen molar-refractivity contribution in [2.75, 3.05) is 32.8 Å². The zero-order valence-corrected chi connectivity index (χ0v) is 12.2. The largest absolute Gasteiger partial charge is 0.404 e. The van der Waals surface area contributed by atoms with Crippen LogP contribution in [0.25, 0.3) is 0 Å². The number of alkyl halides is 3. The highest BCUT2D eigenvalue weighted by molar-refractivity contribution is 5.14. The van der Waals surface area contributed by atoms with Crippen molar-refractivity contribution in [3.8, 4) is 6.07 Å². The van der Waals surface area contributed by atoms with E-state index in [2.05, 4.69) is 10.1 Å². The Labute approximate surface area is 125 Å². The number of hydrogen-bond donors (Lipinski definition) is 0. The molecule has 0 aromatic carbocycles. The Morgan fingerprint density at radius 2 is 2.23 bits per heavy atom. The van der Waals surface area contributed by atoms with Crippen molar-refractivity contribution in [3.63, 3.8) is 0 Å². The molecule has 1 aromatic rings. The first-order valence-corrected chi connectivity index (χ1v) is 6.93. The van der Waals surface area contributed by atoms with Gasteiger partial charge in [-0.2, -0.15) is 23.4 Å². The Morgan fingerprint density at radius 1 is 1.45 bits per heavy atom. The van der Waals surface area contributed by atoms with Gasteiger partial charge >= 0.3 is 6.18 Å². The van der Waals surface area contributed by atoms with Gasteiger partial charge in [-0.1, -0.05) is 5.16 Å². The highest BCUT2D eigenvalue weighted by Crippen LogP contribution is 2.46. The van der Waals surface area contributed by atoms with E-state index >= 15 is 0 Å². The maximum atomic E-state index is 13.6. The zero-order valence-electron chi connectivity index (χ0n) is 12.2. The van der Waals surface area contributed by atoms with Crippen LogP contribution in [-0.2, 0) is 10.2 Å². The summed E-state index contributed by atoms with van der Waals surface area (Å²) in [5.41, 5.74) is -2.11. The number of rotatable bonds is 6. The highest BCUT2D eigenvalue weighted by atomic mass is 19.4. The van der Waals surface area contributed by atoms with Crippen LogP contribution in [0, 0.1) is 18.3 Å². The van der Waals surface area contributed by atoms with E-state index < -0.39 is 11.6 Å². The number of halogens is 3. The Bertz CT molecular complexity index is 540. The first kappa shape index (κ1) is 16.7. The van der Waals surface area contributed by atoms with E-state index in [0.29, 0.717) is 13.2 Å². The smallest absolute Gasteiger partial charge is 0.379 e. The second-order valence-electron chi connectivity index (χ2n) is 5.27. The van der Waals surface area contributed by atoms with Crippen LogP contribution in [-0.4, -0.2) is 54.1 Å². The maximum Gasteiger partial charge on any atom is 0.404 e. The molecule has 1 aliphatic heterocycles. The molecule has 0 saturated carbocycles. The molecule has 0 radical (unpaired) electrons. The summed E-state index contributed by atoms with van der Waals surface area (Å²) in [6.07, 6.45) is -4.30. The van der Waals surface area contributed by atoms with E-state index in [-0.39, 0.29) is 44.3 Å². The van der Waals surface area contributed by atoms with E-state index in [1.165, 1.54) is 6.92 Å². The molecule has 9 heteroatoms. The Hall–Kier alpha value is -1.66. The van der Waals surface area contributed by atoms with Crippen LogP contribution in [0.15, 0.2) is 4.52 Å². The van der Waals surface area contributed by atoms with Crippen LogP contribution in [0.5, 0.6) is 0 Å². The van der Waals surface area contributed by atoms with Crippen LogP contribution < -0.4 is 0 Å². The number of nitriles is 1. The quantitative estimate of drug-likeness (QED) is 0.745. The Morgan fingerprint density at radius 3 is 2.82 bits per heavy atom. The predicted octanol–water partition coefficient (Wildman–Crippen LogP) is 1.81. The Balaban J connectivity index is 2.00. The van der Waals surface area contributed by atoms with Gasteiger partial charge in [0.2, 0.25) is 5.89 Å². The molecule has 0 bridgehead atoms. The number of aromatic nitrogens is 2. The van der Waals surface area contributed by atoms with Gasteiger partial charge in [0, 0.05) is 13.1 Å². The van der Waals surface area contributed by atoms with Gasteiger partial charge in [-0.05, 0) is 19.9 Å².